The smallest absolute Gasteiger partial charge is 0.258 e. The van der Waals surface area contributed by atoms with Gasteiger partial charge in [0.1, 0.15) is 23.7 Å². The molecule has 3 heterocycles. The number of rotatable bonds is 6. The molecule has 2 aromatic rings. The lowest BCUT2D eigenvalue weighted by Crippen LogP contribution is -2.42. The Kier molecular flexibility index (Phi) is 6.03. The van der Waals surface area contributed by atoms with E-state index in [4.69, 9.17) is 10.1 Å². The van der Waals surface area contributed by atoms with Gasteiger partial charge in [0.15, 0.2) is 5.84 Å². The summed E-state index contributed by atoms with van der Waals surface area (Å²) in [5.41, 5.74) is 3.22. The molecule has 1 aliphatic rings. The van der Waals surface area contributed by atoms with Gasteiger partial charge in [-0.25, -0.2) is 15.0 Å². The van der Waals surface area contributed by atoms with Crippen molar-refractivity contribution in [1.29, 1.82) is 5.41 Å². The van der Waals surface area contributed by atoms with Gasteiger partial charge in [-0.15, -0.1) is 0 Å². The van der Waals surface area contributed by atoms with Crippen LogP contribution in [-0.4, -0.2) is 56.9 Å². The van der Waals surface area contributed by atoms with Crippen LogP contribution in [0.1, 0.15) is 40.7 Å². The zero-order chi connectivity index (χ0) is 20.3. The van der Waals surface area contributed by atoms with Gasteiger partial charge < -0.3 is 14.6 Å². The van der Waals surface area contributed by atoms with Crippen molar-refractivity contribution in [1.82, 2.24) is 24.4 Å². The maximum absolute atomic E-state index is 12.7. The standard InChI is InChI=1S/C19H27N7O2/c1-12-22-16(6-5-9-28-4)17(23-12)18(21-11-20)26-8-7-15-14(10-26)19(27)25(3)13(2)24-15/h11,20H,5-10H2,1-4H3,(H,22,23)/b20-11?,21-18+. The van der Waals surface area contributed by atoms with Crippen molar-refractivity contribution in [2.45, 2.75) is 39.7 Å². The Morgan fingerprint density at radius 3 is 2.89 bits per heavy atom. The molecule has 0 spiro atoms. The van der Waals surface area contributed by atoms with Crippen molar-refractivity contribution in [2.75, 3.05) is 20.3 Å². The molecule has 0 radical (unpaired) electrons. The third-order valence-electron chi connectivity index (χ3n) is 5.03. The van der Waals surface area contributed by atoms with Gasteiger partial charge in [0.05, 0.1) is 23.5 Å². The van der Waals surface area contributed by atoms with Gasteiger partial charge in [-0.05, 0) is 26.7 Å². The van der Waals surface area contributed by atoms with Gasteiger partial charge in [-0.2, -0.15) is 0 Å². The maximum atomic E-state index is 12.7. The maximum Gasteiger partial charge on any atom is 0.258 e. The van der Waals surface area contributed by atoms with Crippen LogP contribution in [0.3, 0.4) is 0 Å². The van der Waals surface area contributed by atoms with Gasteiger partial charge in [0.25, 0.3) is 5.56 Å². The number of fused-ring (bicyclic) bond motifs is 1. The van der Waals surface area contributed by atoms with Crippen molar-refractivity contribution in [3.8, 4) is 0 Å². The van der Waals surface area contributed by atoms with Crippen LogP contribution in [0, 0.1) is 19.3 Å². The minimum Gasteiger partial charge on any atom is -0.385 e. The first-order valence-electron chi connectivity index (χ1n) is 9.38. The normalized spacial score (nSPS) is 14.3. The fourth-order valence-electron chi connectivity index (χ4n) is 3.52. The lowest BCUT2D eigenvalue weighted by molar-refractivity contribution is 0.195. The van der Waals surface area contributed by atoms with Gasteiger partial charge in [0.2, 0.25) is 0 Å². The van der Waals surface area contributed by atoms with Gasteiger partial charge in [-0.1, -0.05) is 0 Å². The number of methoxy groups -OCH3 is 1. The van der Waals surface area contributed by atoms with E-state index >= 15 is 0 Å². The third kappa shape index (κ3) is 3.89. The summed E-state index contributed by atoms with van der Waals surface area (Å²) in [7, 11) is 3.42. The van der Waals surface area contributed by atoms with E-state index < -0.39 is 0 Å². The Morgan fingerprint density at radius 1 is 1.39 bits per heavy atom. The van der Waals surface area contributed by atoms with Crippen molar-refractivity contribution in [2.24, 2.45) is 12.0 Å². The summed E-state index contributed by atoms with van der Waals surface area (Å²) < 4.78 is 6.72. The Bertz CT molecular complexity index is 958. The number of aromatic amines is 1. The molecule has 0 aliphatic carbocycles. The van der Waals surface area contributed by atoms with Crippen LogP contribution in [0.4, 0.5) is 0 Å². The molecule has 0 saturated heterocycles. The number of hydrogen-bond acceptors (Lipinski definition) is 5. The summed E-state index contributed by atoms with van der Waals surface area (Å²) in [6.45, 7) is 5.49. The molecule has 0 atom stereocenters. The van der Waals surface area contributed by atoms with Crippen LogP contribution in [0.25, 0.3) is 0 Å². The average molecular weight is 385 g/mol. The van der Waals surface area contributed by atoms with Crippen molar-refractivity contribution in [3.63, 3.8) is 0 Å². The van der Waals surface area contributed by atoms with Crippen LogP contribution in [0.15, 0.2) is 9.79 Å². The molecule has 2 aromatic heterocycles. The number of H-pyrrole nitrogens is 1. The third-order valence-corrected chi connectivity index (χ3v) is 5.03. The van der Waals surface area contributed by atoms with E-state index in [0.717, 1.165) is 47.9 Å². The number of nitrogens with one attached hydrogen (secondary N) is 2. The van der Waals surface area contributed by atoms with Gasteiger partial charge in [-0.3, -0.25) is 14.8 Å². The monoisotopic (exact) mass is 385 g/mol. The Labute approximate surface area is 164 Å². The molecule has 0 bridgehead atoms. The van der Waals surface area contributed by atoms with E-state index in [0.29, 0.717) is 37.5 Å². The molecule has 2 N–H and O–H groups in total. The molecule has 1 aliphatic heterocycles. The number of aromatic nitrogens is 4. The van der Waals surface area contributed by atoms with Crippen LogP contribution < -0.4 is 5.56 Å². The molecule has 0 saturated carbocycles. The van der Waals surface area contributed by atoms with Crippen LogP contribution in [-0.2, 0) is 31.2 Å². The number of imidazole rings is 1. The average Bonchev–Trinajstić information content (AvgIpc) is 3.04. The molecule has 0 fully saturated rings. The number of aryl methyl sites for hydroxylation is 3. The molecule has 3 rings (SSSR count). The van der Waals surface area contributed by atoms with Crippen LogP contribution >= 0.6 is 0 Å². The van der Waals surface area contributed by atoms with Crippen molar-refractivity contribution >= 4 is 12.2 Å². The molecule has 150 valence electrons. The highest BCUT2D eigenvalue weighted by molar-refractivity contribution is 6.01. The van der Waals surface area contributed by atoms with E-state index in [1.807, 2.05) is 18.7 Å². The van der Waals surface area contributed by atoms with E-state index in [1.165, 1.54) is 0 Å². The predicted octanol–water partition coefficient (Wildman–Crippen LogP) is 1.11. The van der Waals surface area contributed by atoms with Crippen molar-refractivity contribution in [3.05, 3.63) is 44.6 Å². The second-order valence-corrected chi connectivity index (χ2v) is 6.94. The first kappa shape index (κ1) is 19.9. The van der Waals surface area contributed by atoms with Gasteiger partial charge >= 0.3 is 0 Å². The quantitative estimate of drug-likeness (QED) is 0.439. The molecule has 9 nitrogen and oxygen atoms in total. The molecule has 0 amide bonds. The zero-order valence-corrected chi connectivity index (χ0v) is 16.9. The van der Waals surface area contributed by atoms with E-state index in [1.54, 1.807) is 18.7 Å². The highest BCUT2D eigenvalue weighted by Gasteiger charge is 2.27. The summed E-state index contributed by atoms with van der Waals surface area (Å²) >= 11 is 0. The number of amidine groups is 1. The number of hydrogen-bond donors (Lipinski definition) is 2. The highest BCUT2D eigenvalue weighted by atomic mass is 16.5. The largest absolute Gasteiger partial charge is 0.385 e. The summed E-state index contributed by atoms with van der Waals surface area (Å²) in [4.78, 5) is 31.5. The SMILES string of the molecule is COCCCc1nc(C)[nH]c1/C(=N\C=N)N1CCc2nc(C)n(C)c(=O)c2C1. The molecule has 28 heavy (non-hydrogen) atoms. The Balaban J connectivity index is 1.95. The molecular formula is C19H27N7O2. The molecule has 0 aromatic carbocycles. The lowest BCUT2D eigenvalue weighted by atomic mass is 10.1. The minimum atomic E-state index is -0.0255. The zero-order valence-electron chi connectivity index (χ0n) is 16.9. The van der Waals surface area contributed by atoms with Crippen molar-refractivity contribution < 1.29 is 4.74 Å². The second-order valence-electron chi connectivity index (χ2n) is 6.94. The Hall–Kier alpha value is -2.81. The molecule has 9 heteroatoms. The van der Waals surface area contributed by atoms with Crippen LogP contribution in [0.2, 0.25) is 0 Å². The van der Waals surface area contributed by atoms with Gasteiger partial charge in [0, 0.05) is 33.7 Å². The summed E-state index contributed by atoms with van der Waals surface area (Å²) in [6, 6.07) is 0. The number of aliphatic imine (C=N–C) groups is 1. The first-order valence-corrected chi connectivity index (χ1v) is 9.38. The fourth-order valence-corrected chi connectivity index (χ4v) is 3.52. The van der Waals surface area contributed by atoms with E-state index in [-0.39, 0.29) is 5.56 Å². The van der Waals surface area contributed by atoms with E-state index in [9.17, 15) is 4.79 Å². The van der Waals surface area contributed by atoms with Crippen LogP contribution in [0.5, 0.6) is 0 Å². The van der Waals surface area contributed by atoms with E-state index in [2.05, 4.69) is 19.9 Å². The summed E-state index contributed by atoms with van der Waals surface area (Å²) in [5, 5.41) is 7.52. The highest BCUT2D eigenvalue weighted by Crippen LogP contribution is 2.19. The second kappa shape index (κ2) is 8.47. The predicted molar refractivity (Wildman–Crippen MR) is 107 cm³/mol. The fraction of sp³-hybridized carbons (Fsp3) is 0.526. The topological polar surface area (TPSA) is 112 Å². The molecule has 0 unspecified atom stereocenters. The Morgan fingerprint density at radius 2 is 2.18 bits per heavy atom. The minimum absolute atomic E-state index is 0.0255. The first-order chi connectivity index (χ1) is 13.5. The summed E-state index contributed by atoms with van der Waals surface area (Å²) in [6.07, 6.45) is 3.29. The molecular weight excluding hydrogens is 358 g/mol. The number of nitrogens with zero attached hydrogens (tertiary/aromatic N) is 5. The lowest BCUT2D eigenvalue weighted by Gasteiger charge is -2.30. The number of ether oxygens (including phenoxy) is 1. The summed E-state index contributed by atoms with van der Waals surface area (Å²) in [5.74, 6) is 2.15.